The molecule has 4 heteroatoms. The zero-order chi connectivity index (χ0) is 11.5. The Balaban J connectivity index is 2.24. The summed E-state index contributed by atoms with van der Waals surface area (Å²) in [5.74, 6) is 1.59. The highest BCUT2D eigenvalue weighted by molar-refractivity contribution is 5.45. The van der Waals surface area contributed by atoms with Crippen LogP contribution in [0.1, 0.15) is 18.0 Å². The van der Waals surface area contributed by atoms with Crippen molar-refractivity contribution in [2.45, 2.75) is 12.5 Å². The molecule has 1 aromatic carbocycles. The minimum absolute atomic E-state index is 0.178. The van der Waals surface area contributed by atoms with E-state index in [2.05, 4.69) is 4.90 Å². The van der Waals surface area contributed by atoms with E-state index in [4.69, 9.17) is 14.6 Å². The number of hydrogen-bond acceptors (Lipinski definition) is 4. The van der Waals surface area contributed by atoms with Crippen molar-refractivity contribution in [2.75, 3.05) is 27.5 Å². The molecule has 1 aromatic rings. The lowest BCUT2D eigenvalue weighted by molar-refractivity contribution is 0.173. The topological polar surface area (TPSA) is 41.9 Å². The summed E-state index contributed by atoms with van der Waals surface area (Å²) in [6, 6.07) is 6.14. The molecule has 0 saturated heterocycles. The number of aliphatic hydroxyl groups excluding tert-OH is 1. The Morgan fingerprint density at radius 3 is 2.75 bits per heavy atom. The third-order valence-electron chi connectivity index (χ3n) is 2.81. The Bertz CT molecular complexity index is 365. The van der Waals surface area contributed by atoms with Crippen molar-refractivity contribution in [1.82, 2.24) is 4.90 Å². The molecule has 1 N–H and O–H groups in total. The SMILES string of the molecule is CN(C)C(CCO)c1ccc2c(c1)OCO2. The summed E-state index contributed by atoms with van der Waals surface area (Å²) in [5.41, 5.74) is 1.14. The Kier molecular flexibility index (Phi) is 3.31. The van der Waals surface area contributed by atoms with Crippen LogP contribution >= 0.6 is 0 Å². The van der Waals surface area contributed by atoms with Gasteiger partial charge in [0.2, 0.25) is 6.79 Å². The number of hydrogen-bond donors (Lipinski definition) is 1. The summed E-state index contributed by atoms with van der Waals surface area (Å²) < 4.78 is 10.6. The van der Waals surface area contributed by atoms with E-state index in [0.29, 0.717) is 13.2 Å². The molecule has 0 aliphatic carbocycles. The first-order valence-electron chi connectivity index (χ1n) is 5.39. The molecule has 88 valence electrons. The van der Waals surface area contributed by atoms with Crippen LogP contribution in [0.3, 0.4) is 0 Å². The zero-order valence-electron chi connectivity index (χ0n) is 9.64. The fourth-order valence-corrected chi connectivity index (χ4v) is 1.97. The maximum atomic E-state index is 9.06. The summed E-state index contributed by atoms with van der Waals surface area (Å²) in [4.78, 5) is 2.09. The second-order valence-electron chi connectivity index (χ2n) is 4.10. The fourth-order valence-electron chi connectivity index (χ4n) is 1.97. The van der Waals surface area contributed by atoms with Crippen molar-refractivity contribution >= 4 is 0 Å². The lowest BCUT2D eigenvalue weighted by Gasteiger charge is -2.24. The molecule has 1 atom stereocenters. The van der Waals surface area contributed by atoms with E-state index in [1.54, 1.807) is 0 Å². The van der Waals surface area contributed by atoms with Crippen molar-refractivity contribution in [3.63, 3.8) is 0 Å². The highest BCUT2D eigenvalue weighted by atomic mass is 16.7. The van der Waals surface area contributed by atoms with Gasteiger partial charge in [0.1, 0.15) is 0 Å². The lowest BCUT2D eigenvalue weighted by Crippen LogP contribution is -2.20. The number of benzene rings is 1. The first-order chi connectivity index (χ1) is 7.72. The molecule has 1 unspecified atom stereocenters. The van der Waals surface area contributed by atoms with Gasteiger partial charge in [-0.05, 0) is 38.2 Å². The zero-order valence-corrected chi connectivity index (χ0v) is 9.64. The second kappa shape index (κ2) is 4.72. The molecule has 2 rings (SSSR count). The number of rotatable bonds is 4. The van der Waals surface area contributed by atoms with E-state index in [0.717, 1.165) is 17.1 Å². The standard InChI is InChI=1S/C12H17NO3/c1-13(2)10(5-6-14)9-3-4-11-12(7-9)16-8-15-11/h3-4,7,10,14H,5-6,8H2,1-2H3. The van der Waals surface area contributed by atoms with Gasteiger partial charge in [-0.2, -0.15) is 0 Å². The van der Waals surface area contributed by atoms with E-state index in [1.807, 2.05) is 32.3 Å². The van der Waals surface area contributed by atoms with E-state index in [-0.39, 0.29) is 12.6 Å². The van der Waals surface area contributed by atoms with Crippen LogP contribution in [0, 0.1) is 0 Å². The molecular weight excluding hydrogens is 206 g/mol. The maximum Gasteiger partial charge on any atom is 0.231 e. The third kappa shape index (κ3) is 2.13. The van der Waals surface area contributed by atoms with Crippen molar-refractivity contribution in [1.29, 1.82) is 0 Å². The van der Waals surface area contributed by atoms with Crippen molar-refractivity contribution in [2.24, 2.45) is 0 Å². The van der Waals surface area contributed by atoms with Gasteiger partial charge in [-0.1, -0.05) is 6.07 Å². The van der Waals surface area contributed by atoms with E-state index >= 15 is 0 Å². The summed E-state index contributed by atoms with van der Waals surface area (Å²) in [5, 5.41) is 9.06. The molecule has 0 aromatic heterocycles. The molecule has 1 heterocycles. The third-order valence-corrected chi connectivity index (χ3v) is 2.81. The Morgan fingerprint density at radius 2 is 2.06 bits per heavy atom. The molecule has 16 heavy (non-hydrogen) atoms. The van der Waals surface area contributed by atoms with Gasteiger partial charge < -0.3 is 19.5 Å². The molecule has 0 spiro atoms. The van der Waals surface area contributed by atoms with Gasteiger partial charge in [0, 0.05) is 12.6 Å². The van der Waals surface area contributed by atoms with Crippen LogP contribution in [-0.2, 0) is 0 Å². The van der Waals surface area contributed by atoms with Crippen molar-refractivity contribution in [3.8, 4) is 11.5 Å². The van der Waals surface area contributed by atoms with E-state index in [1.165, 1.54) is 0 Å². The fraction of sp³-hybridized carbons (Fsp3) is 0.500. The molecule has 1 aliphatic rings. The minimum Gasteiger partial charge on any atom is -0.454 e. The molecule has 0 radical (unpaired) electrons. The number of fused-ring (bicyclic) bond motifs is 1. The average Bonchev–Trinajstić information content (AvgIpc) is 2.72. The lowest BCUT2D eigenvalue weighted by atomic mass is 10.0. The molecular formula is C12H17NO3. The highest BCUT2D eigenvalue weighted by Crippen LogP contribution is 2.35. The normalized spacial score (nSPS) is 15.5. The minimum atomic E-state index is 0.178. The van der Waals surface area contributed by atoms with Crippen molar-refractivity contribution < 1.29 is 14.6 Å². The van der Waals surface area contributed by atoms with Crippen LogP contribution in [0.5, 0.6) is 11.5 Å². The smallest absolute Gasteiger partial charge is 0.231 e. The maximum absolute atomic E-state index is 9.06. The predicted octanol–water partition coefficient (Wildman–Crippen LogP) is 1.40. The Hall–Kier alpha value is -1.26. The number of aliphatic hydroxyl groups is 1. The quantitative estimate of drug-likeness (QED) is 0.837. The molecule has 0 amide bonds. The largest absolute Gasteiger partial charge is 0.454 e. The summed E-state index contributed by atoms with van der Waals surface area (Å²) in [7, 11) is 4.01. The first-order valence-corrected chi connectivity index (χ1v) is 5.39. The van der Waals surface area contributed by atoms with Crippen LogP contribution in [0.4, 0.5) is 0 Å². The molecule has 1 aliphatic heterocycles. The molecule has 0 saturated carbocycles. The van der Waals surface area contributed by atoms with Gasteiger partial charge in [-0.3, -0.25) is 0 Å². The van der Waals surface area contributed by atoms with Crippen LogP contribution in [-0.4, -0.2) is 37.5 Å². The number of nitrogens with zero attached hydrogens (tertiary/aromatic N) is 1. The van der Waals surface area contributed by atoms with Crippen molar-refractivity contribution in [3.05, 3.63) is 23.8 Å². The van der Waals surface area contributed by atoms with Gasteiger partial charge in [0.15, 0.2) is 11.5 Å². The van der Waals surface area contributed by atoms with Crippen LogP contribution in [0.15, 0.2) is 18.2 Å². The second-order valence-corrected chi connectivity index (χ2v) is 4.10. The van der Waals surface area contributed by atoms with Gasteiger partial charge in [0.05, 0.1) is 0 Å². The van der Waals surface area contributed by atoms with Gasteiger partial charge >= 0.3 is 0 Å². The molecule has 0 fully saturated rings. The van der Waals surface area contributed by atoms with E-state index < -0.39 is 0 Å². The summed E-state index contributed by atoms with van der Waals surface area (Å²) >= 11 is 0. The molecule has 0 bridgehead atoms. The monoisotopic (exact) mass is 223 g/mol. The van der Waals surface area contributed by atoms with Gasteiger partial charge in [-0.15, -0.1) is 0 Å². The highest BCUT2D eigenvalue weighted by Gasteiger charge is 2.18. The Labute approximate surface area is 95.4 Å². The Morgan fingerprint density at radius 1 is 1.31 bits per heavy atom. The van der Waals surface area contributed by atoms with Crippen LogP contribution in [0.2, 0.25) is 0 Å². The van der Waals surface area contributed by atoms with Gasteiger partial charge in [-0.25, -0.2) is 0 Å². The predicted molar refractivity (Wildman–Crippen MR) is 60.7 cm³/mol. The van der Waals surface area contributed by atoms with Crippen LogP contribution < -0.4 is 9.47 Å². The van der Waals surface area contributed by atoms with E-state index in [9.17, 15) is 0 Å². The molecule has 4 nitrogen and oxygen atoms in total. The van der Waals surface area contributed by atoms with Crippen LogP contribution in [0.25, 0.3) is 0 Å². The summed E-state index contributed by atoms with van der Waals surface area (Å²) in [6.07, 6.45) is 0.715. The summed E-state index contributed by atoms with van der Waals surface area (Å²) in [6.45, 7) is 0.475. The number of ether oxygens (including phenoxy) is 2. The average molecular weight is 223 g/mol. The first kappa shape index (κ1) is 11.2. The van der Waals surface area contributed by atoms with Gasteiger partial charge in [0.25, 0.3) is 0 Å².